The van der Waals surface area contributed by atoms with E-state index in [0.717, 1.165) is 11.5 Å². The van der Waals surface area contributed by atoms with Crippen LogP contribution in [0, 0.1) is 6.92 Å². The highest BCUT2D eigenvalue weighted by Gasteiger charge is 2.23. The predicted octanol–water partition coefficient (Wildman–Crippen LogP) is 3.00. The normalized spacial score (nSPS) is 20.5. The molecule has 0 bridgehead atoms. The van der Waals surface area contributed by atoms with Crippen molar-refractivity contribution in [2.24, 2.45) is 0 Å². The van der Waals surface area contributed by atoms with Crippen molar-refractivity contribution in [1.82, 2.24) is 0 Å². The van der Waals surface area contributed by atoms with Crippen LogP contribution < -0.4 is 4.74 Å². The summed E-state index contributed by atoms with van der Waals surface area (Å²) in [4.78, 5) is 0. The van der Waals surface area contributed by atoms with Crippen LogP contribution in [0.3, 0.4) is 0 Å². The van der Waals surface area contributed by atoms with Crippen molar-refractivity contribution in [3.8, 4) is 5.75 Å². The zero-order valence-electron chi connectivity index (χ0n) is 7.42. The topological polar surface area (TPSA) is 9.23 Å². The summed E-state index contributed by atoms with van der Waals surface area (Å²) in [6.45, 7) is 8.07. The van der Waals surface area contributed by atoms with Crippen LogP contribution in [0.15, 0.2) is 30.5 Å². The Kier molecular flexibility index (Phi) is 1.47. The highest BCUT2D eigenvalue weighted by atomic mass is 16.5. The first-order valence-electron chi connectivity index (χ1n) is 4.15. The minimum absolute atomic E-state index is 0.347. The van der Waals surface area contributed by atoms with E-state index in [1.807, 2.05) is 6.07 Å². The third-order valence-corrected chi connectivity index (χ3v) is 2.36. The van der Waals surface area contributed by atoms with Gasteiger partial charge in [-0.05, 0) is 13.0 Å². The third-order valence-electron chi connectivity index (χ3n) is 2.36. The van der Waals surface area contributed by atoms with Crippen LogP contribution in [0.1, 0.15) is 24.0 Å². The zero-order valence-corrected chi connectivity index (χ0v) is 7.42. The number of rotatable bonds is 0. The Balaban J connectivity index is 2.55. The number of fused-ring (bicyclic) bond motifs is 1. The second-order valence-corrected chi connectivity index (χ2v) is 3.33. The summed E-state index contributed by atoms with van der Waals surface area (Å²) >= 11 is 0. The van der Waals surface area contributed by atoms with Crippen LogP contribution in [0.4, 0.5) is 0 Å². The second-order valence-electron chi connectivity index (χ2n) is 3.33. The molecule has 0 aromatic heterocycles. The molecule has 0 radical (unpaired) electrons. The molecule has 1 heterocycles. The van der Waals surface area contributed by atoms with Crippen LogP contribution >= 0.6 is 0 Å². The molecule has 1 aromatic rings. The van der Waals surface area contributed by atoms with Crippen LogP contribution in [0.25, 0.3) is 0 Å². The van der Waals surface area contributed by atoms with Crippen molar-refractivity contribution < 1.29 is 4.74 Å². The summed E-state index contributed by atoms with van der Waals surface area (Å²) in [5.74, 6) is 2.17. The predicted molar refractivity (Wildman–Crippen MR) is 49.4 cm³/mol. The van der Waals surface area contributed by atoms with Gasteiger partial charge in [0.1, 0.15) is 11.5 Å². The molecule has 1 nitrogen and oxygen atoms in total. The fraction of sp³-hybridized carbons (Fsp3) is 0.273. The van der Waals surface area contributed by atoms with E-state index in [0.29, 0.717) is 5.92 Å². The standard InChI is InChI=1S/C11H12O/c1-7-4-5-11-10(6-7)8(2)9(3)12-11/h4-6,8H,3H2,1-2H3. The lowest BCUT2D eigenvalue weighted by molar-refractivity contribution is 0.435. The Labute approximate surface area is 72.7 Å². The molecule has 62 valence electrons. The molecule has 2 rings (SSSR count). The van der Waals surface area contributed by atoms with Gasteiger partial charge in [-0.1, -0.05) is 31.2 Å². The lowest BCUT2D eigenvalue weighted by Gasteiger charge is -2.00. The molecule has 0 saturated carbocycles. The summed E-state index contributed by atoms with van der Waals surface area (Å²) in [6.07, 6.45) is 0. The van der Waals surface area contributed by atoms with Gasteiger partial charge in [0, 0.05) is 11.5 Å². The molecule has 0 N–H and O–H groups in total. The molecule has 0 spiro atoms. The Morgan fingerprint density at radius 2 is 2.17 bits per heavy atom. The number of aryl methyl sites for hydroxylation is 1. The number of hydrogen-bond acceptors (Lipinski definition) is 1. The Morgan fingerprint density at radius 3 is 2.92 bits per heavy atom. The van der Waals surface area contributed by atoms with Crippen LogP contribution in [0.5, 0.6) is 5.75 Å². The fourth-order valence-corrected chi connectivity index (χ4v) is 1.50. The molecule has 1 aliphatic heterocycles. The van der Waals surface area contributed by atoms with Crippen LogP contribution in [-0.4, -0.2) is 0 Å². The molecule has 1 heteroatoms. The van der Waals surface area contributed by atoms with Crippen molar-refractivity contribution in [3.63, 3.8) is 0 Å². The Bertz CT molecular complexity index is 339. The van der Waals surface area contributed by atoms with E-state index in [2.05, 4.69) is 32.6 Å². The van der Waals surface area contributed by atoms with Gasteiger partial charge in [0.15, 0.2) is 0 Å². The first-order chi connectivity index (χ1) is 5.68. The average molecular weight is 160 g/mol. The highest BCUT2D eigenvalue weighted by Crippen LogP contribution is 2.39. The maximum absolute atomic E-state index is 5.48. The molecule has 0 amide bonds. The van der Waals surface area contributed by atoms with E-state index < -0.39 is 0 Å². The summed E-state index contributed by atoms with van der Waals surface area (Å²) in [6, 6.07) is 6.24. The molecule has 0 aliphatic carbocycles. The maximum Gasteiger partial charge on any atom is 0.130 e. The maximum atomic E-state index is 5.48. The quantitative estimate of drug-likeness (QED) is 0.567. The van der Waals surface area contributed by atoms with E-state index in [9.17, 15) is 0 Å². The first kappa shape index (κ1) is 7.41. The summed E-state index contributed by atoms with van der Waals surface area (Å²) in [5.41, 5.74) is 2.54. The van der Waals surface area contributed by atoms with Crippen molar-refractivity contribution in [2.45, 2.75) is 19.8 Å². The molecular formula is C11H12O. The Hall–Kier alpha value is -1.24. The van der Waals surface area contributed by atoms with Crippen molar-refractivity contribution in [3.05, 3.63) is 41.7 Å². The van der Waals surface area contributed by atoms with Gasteiger partial charge in [-0.2, -0.15) is 0 Å². The van der Waals surface area contributed by atoms with Gasteiger partial charge in [0.05, 0.1) is 0 Å². The van der Waals surface area contributed by atoms with Gasteiger partial charge in [-0.3, -0.25) is 0 Å². The smallest absolute Gasteiger partial charge is 0.130 e. The summed E-state index contributed by atoms with van der Waals surface area (Å²) in [7, 11) is 0. The Morgan fingerprint density at radius 1 is 1.42 bits per heavy atom. The minimum atomic E-state index is 0.347. The van der Waals surface area contributed by atoms with Gasteiger partial charge in [0.2, 0.25) is 0 Å². The van der Waals surface area contributed by atoms with Crippen molar-refractivity contribution in [1.29, 1.82) is 0 Å². The third kappa shape index (κ3) is 0.934. The highest BCUT2D eigenvalue weighted by molar-refractivity contribution is 5.46. The molecule has 1 unspecified atom stereocenters. The van der Waals surface area contributed by atoms with Crippen LogP contribution in [-0.2, 0) is 0 Å². The van der Waals surface area contributed by atoms with Crippen molar-refractivity contribution in [2.75, 3.05) is 0 Å². The second kappa shape index (κ2) is 2.37. The van der Waals surface area contributed by atoms with Gasteiger partial charge in [0.25, 0.3) is 0 Å². The van der Waals surface area contributed by atoms with Gasteiger partial charge in [-0.25, -0.2) is 0 Å². The number of hydrogen-bond donors (Lipinski definition) is 0. The van der Waals surface area contributed by atoms with E-state index in [1.54, 1.807) is 0 Å². The molecule has 1 aromatic carbocycles. The lowest BCUT2D eigenvalue weighted by Crippen LogP contribution is -1.89. The van der Waals surface area contributed by atoms with E-state index in [4.69, 9.17) is 4.74 Å². The van der Waals surface area contributed by atoms with Gasteiger partial charge >= 0.3 is 0 Å². The van der Waals surface area contributed by atoms with Crippen LogP contribution in [0.2, 0.25) is 0 Å². The zero-order chi connectivity index (χ0) is 8.72. The van der Waals surface area contributed by atoms with Crippen molar-refractivity contribution >= 4 is 0 Å². The SMILES string of the molecule is C=C1Oc2ccc(C)cc2C1C. The number of ether oxygens (including phenoxy) is 1. The lowest BCUT2D eigenvalue weighted by atomic mass is 10.00. The molecule has 12 heavy (non-hydrogen) atoms. The average Bonchev–Trinajstić information content (AvgIpc) is 2.31. The first-order valence-corrected chi connectivity index (χ1v) is 4.15. The monoisotopic (exact) mass is 160 g/mol. The molecule has 0 fully saturated rings. The van der Waals surface area contributed by atoms with E-state index in [1.165, 1.54) is 11.1 Å². The van der Waals surface area contributed by atoms with E-state index in [-0.39, 0.29) is 0 Å². The summed E-state index contributed by atoms with van der Waals surface area (Å²) < 4.78 is 5.48. The number of allylic oxidation sites excluding steroid dienone is 1. The van der Waals surface area contributed by atoms with E-state index >= 15 is 0 Å². The largest absolute Gasteiger partial charge is 0.461 e. The number of benzene rings is 1. The molecular weight excluding hydrogens is 148 g/mol. The molecule has 0 saturated heterocycles. The van der Waals surface area contributed by atoms with Gasteiger partial charge in [-0.15, -0.1) is 0 Å². The summed E-state index contributed by atoms with van der Waals surface area (Å²) in [5, 5.41) is 0. The molecule has 1 aliphatic rings. The van der Waals surface area contributed by atoms with Gasteiger partial charge < -0.3 is 4.74 Å². The fourth-order valence-electron chi connectivity index (χ4n) is 1.50. The molecule has 1 atom stereocenters. The minimum Gasteiger partial charge on any atom is -0.461 e.